The Kier molecular flexibility index (Phi) is 6.17. The Balaban J connectivity index is 1.43. The van der Waals surface area contributed by atoms with Gasteiger partial charge in [0.25, 0.3) is 11.8 Å². The molecule has 10 heteroatoms. The van der Waals surface area contributed by atoms with Crippen molar-refractivity contribution in [1.29, 1.82) is 5.26 Å². The summed E-state index contributed by atoms with van der Waals surface area (Å²) in [5, 5.41) is 16.4. The van der Waals surface area contributed by atoms with Crippen molar-refractivity contribution in [2.75, 3.05) is 11.9 Å². The van der Waals surface area contributed by atoms with Crippen LogP contribution in [0.15, 0.2) is 11.4 Å². The van der Waals surface area contributed by atoms with Crippen LogP contribution < -0.4 is 10.6 Å². The fourth-order valence-corrected chi connectivity index (χ4v) is 4.34. The Morgan fingerprint density at radius 2 is 2.14 bits per heavy atom. The second kappa shape index (κ2) is 8.61. The van der Waals surface area contributed by atoms with Crippen molar-refractivity contribution in [2.45, 2.75) is 57.1 Å². The lowest BCUT2D eigenvalue weighted by molar-refractivity contribution is -0.153. The summed E-state index contributed by atoms with van der Waals surface area (Å²) in [5.74, 6) is -1.35. The first-order valence-electron chi connectivity index (χ1n) is 9.48. The van der Waals surface area contributed by atoms with Gasteiger partial charge in [-0.25, -0.2) is 4.79 Å². The number of nitrogens with zero attached hydrogens (tertiary/aromatic N) is 2. The molecule has 1 saturated carbocycles. The molecule has 0 radical (unpaired) electrons. The third-order valence-electron chi connectivity index (χ3n) is 5.17. The van der Waals surface area contributed by atoms with Gasteiger partial charge in [0.05, 0.1) is 5.56 Å². The van der Waals surface area contributed by atoms with Gasteiger partial charge in [0, 0.05) is 13.0 Å². The Bertz CT molecular complexity index is 868. The van der Waals surface area contributed by atoms with Crippen LogP contribution in [-0.2, 0) is 19.1 Å². The number of amides is 4. The first-order chi connectivity index (χ1) is 13.9. The lowest BCUT2D eigenvalue weighted by Crippen LogP contribution is -2.44. The van der Waals surface area contributed by atoms with Gasteiger partial charge in [-0.2, -0.15) is 5.26 Å². The quantitative estimate of drug-likeness (QED) is 0.516. The summed E-state index contributed by atoms with van der Waals surface area (Å²) >= 11 is 1.20. The highest BCUT2D eigenvalue weighted by Crippen LogP contribution is 2.35. The van der Waals surface area contributed by atoms with Gasteiger partial charge in [-0.15, -0.1) is 11.3 Å². The molecule has 4 amide bonds. The molecule has 0 aromatic carbocycles. The zero-order chi connectivity index (χ0) is 21.0. The van der Waals surface area contributed by atoms with E-state index >= 15 is 0 Å². The molecule has 1 aliphatic heterocycles. The predicted molar refractivity (Wildman–Crippen MR) is 104 cm³/mol. The molecule has 154 valence electrons. The summed E-state index contributed by atoms with van der Waals surface area (Å²) < 4.78 is 5.11. The number of esters is 1. The number of ether oxygens (including phenoxy) is 1. The van der Waals surface area contributed by atoms with Crippen molar-refractivity contribution >= 4 is 40.2 Å². The molecule has 2 aliphatic rings. The van der Waals surface area contributed by atoms with Crippen LogP contribution in [0.1, 0.15) is 51.0 Å². The maximum absolute atomic E-state index is 12.5. The number of nitriles is 1. The van der Waals surface area contributed by atoms with Crippen LogP contribution in [-0.4, -0.2) is 46.9 Å². The van der Waals surface area contributed by atoms with Gasteiger partial charge in [-0.3, -0.25) is 19.3 Å². The van der Waals surface area contributed by atoms with E-state index < -0.39 is 29.6 Å². The zero-order valence-corrected chi connectivity index (χ0v) is 16.8. The van der Waals surface area contributed by atoms with Gasteiger partial charge in [-0.1, -0.05) is 12.8 Å². The number of nitrogens with one attached hydrogen (secondary N) is 2. The van der Waals surface area contributed by atoms with Crippen LogP contribution in [0.3, 0.4) is 0 Å². The van der Waals surface area contributed by atoms with Crippen molar-refractivity contribution in [3.63, 3.8) is 0 Å². The second-order valence-corrected chi connectivity index (χ2v) is 8.09. The molecule has 1 spiro atoms. The highest BCUT2D eigenvalue weighted by atomic mass is 32.1. The number of hydrogen-bond donors (Lipinski definition) is 2. The van der Waals surface area contributed by atoms with E-state index in [1.807, 2.05) is 6.07 Å². The maximum Gasteiger partial charge on any atom is 0.325 e. The fourth-order valence-electron chi connectivity index (χ4n) is 3.60. The number of thiophene rings is 1. The van der Waals surface area contributed by atoms with Gasteiger partial charge in [0.1, 0.15) is 16.6 Å². The normalized spacial score (nSPS) is 18.4. The monoisotopic (exact) mass is 418 g/mol. The number of urea groups is 1. The fraction of sp³-hybridized carbons (Fsp3) is 0.526. The first-order valence-corrected chi connectivity index (χ1v) is 10.4. The van der Waals surface area contributed by atoms with Crippen molar-refractivity contribution in [3.8, 4) is 6.07 Å². The van der Waals surface area contributed by atoms with Gasteiger partial charge in [-0.05, 0) is 37.6 Å². The van der Waals surface area contributed by atoms with Crippen LogP contribution in [0.5, 0.6) is 0 Å². The zero-order valence-electron chi connectivity index (χ0n) is 16.0. The molecule has 9 nitrogen and oxygen atoms in total. The number of imide groups is 1. The van der Waals surface area contributed by atoms with E-state index in [0.717, 1.165) is 17.7 Å². The SMILES string of the molecule is C[C@H](OC(=O)CCCN1C(=O)NC2(CCCC2)C1=O)C(=O)Nc1sccc1C#N. The van der Waals surface area contributed by atoms with E-state index in [1.165, 1.54) is 18.3 Å². The molecule has 29 heavy (non-hydrogen) atoms. The number of anilines is 1. The summed E-state index contributed by atoms with van der Waals surface area (Å²) in [5.41, 5.74) is -0.413. The van der Waals surface area contributed by atoms with E-state index in [0.29, 0.717) is 23.4 Å². The van der Waals surface area contributed by atoms with E-state index in [9.17, 15) is 19.2 Å². The molecule has 0 unspecified atom stereocenters. The summed E-state index contributed by atoms with van der Waals surface area (Å²) in [6.45, 7) is 1.57. The standard InChI is InChI=1S/C19H22N4O5S/c1-12(15(25)21-16-13(11-20)6-10-29-16)28-14(24)5-4-9-23-17(26)19(22-18(23)27)7-2-3-8-19/h6,10,12H,2-5,7-9H2,1H3,(H,21,25)(H,22,27)/t12-/m0/s1. The van der Waals surface area contributed by atoms with Crippen molar-refractivity contribution in [1.82, 2.24) is 10.2 Å². The number of rotatable bonds is 7. The molecule has 2 fully saturated rings. The van der Waals surface area contributed by atoms with Crippen molar-refractivity contribution < 1.29 is 23.9 Å². The van der Waals surface area contributed by atoms with Crippen LogP contribution in [0, 0.1) is 11.3 Å². The smallest absolute Gasteiger partial charge is 0.325 e. The van der Waals surface area contributed by atoms with Gasteiger partial charge in [0.15, 0.2) is 6.10 Å². The van der Waals surface area contributed by atoms with Crippen LogP contribution >= 0.6 is 11.3 Å². The molecule has 1 saturated heterocycles. The number of hydrogen-bond acceptors (Lipinski definition) is 7. The Hall–Kier alpha value is -2.93. The molecule has 1 aromatic heterocycles. The average Bonchev–Trinajstić information content (AvgIpc) is 3.38. The number of carbonyl (C=O) groups is 4. The van der Waals surface area contributed by atoms with E-state index in [1.54, 1.807) is 11.4 Å². The van der Waals surface area contributed by atoms with Crippen molar-refractivity contribution in [3.05, 3.63) is 17.0 Å². The molecule has 2 heterocycles. The van der Waals surface area contributed by atoms with Gasteiger partial charge in [0.2, 0.25) is 0 Å². The van der Waals surface area contributed by atoms with E-state index in [4.69, 9.17) is 10.00 Å². The summed E-state index contributed by atoms with van der Waals surface area (Å²) in [7, 11) is 0. The Morgan fingerprint density at radius 3 is 2.83 bits per heavy atom. The molecular formula is C19H22N4O5S. The first kappa shape index (κ1) is 20.8. The van der Waals surface area contributed by atoms with E-state index in [-0.39, 0.29) is 25.3 Å². The highest BCUT2D eigenvalue weighted by molar-refractivity contribution is 7.14. The molecule has 1 atom stereocenters. The molecule has 0 bridgehead atoms. The third kappa shape index (κ3) is 4.40. The predicted octanol–water partition coefficient (Wildman–Crippen LogP) is 2.13. The van der Waals surface area contributed by atoms with E-state index in [2.05, 4.69) is 10.6 Å². The minimum Gasteiger partial charge on any atom is -0.453 e. The van der Waals surface area contributed by atoms with Gasteiger partial charge >= 0.3 is 12.0 Å². The molecule has 3 rings (SSSR count). The minimum absolute atomic E-state index is 0.0237. The number of carbonyl (C=O) groups excluding carboxylic acids is 4. The topological polar surface area (TPSA) is 129 Å². The maximum atomic E-state index is 12.5. The Morgan fingerprint density at radius 1 is 1.41 bits per heavy atom. The molecular weight excluding hydrogens is 396 g/mol. The molecule has 1 aromatic rings. The average molecular weight is 418 g/mol. The lowest BCUT2D eigenvalue weighted by Gasteiger charge is -2.20. The summed E-state index contributed by atoms with van der Waals surface area (Å²) in [6, 6.07) is 3.13. The lowest BCUT2D eigenvalue weighted by atomic mass is 9.98. The van der Waals surface area contributed by atoms with Gasteiger partial charge < -0.3 is 15.4 Å². The van der Waals surface area contributed by atoms with Crippen molar-refractivity contribution in [2.24, 2.45) is 0 Å². The second-order valence-electron chi connectivity index (χ2n) is 7.18. The van der Waals surface area contributed by atoms with Crippen LogP contribution in [0.4, 0.5) is 9.80 Å². The van der Waals surface area contributed by atoms with Crippen LogP contribution in [0.2, 0.25) is 0 Å². The third-order valence-corrected chi connectivity index (χ3v) is 6.00. The summed E-state index contributed by atoms with van der Waals surface area (Å²) in [4.78, 5) is 49.9. The van der Waals surface area contributed by atoms with Crippen LogP contribution in [0.25, 0.3) is 0 Å². The molecule has 1 aliphatic carbocycles. The molecule has 2 N–H and O–H groups in total. The minimum atomic E-state index is -1.03. The highest BCUT2D eigenvalue weighted by Gasteiger charge is 2.52. The Labute approximate surface area is 172 Å². The summed E-state index contributed by atoms with van der Waals surface area (Å²) in [6.07, 6.45) is 2.33. The largest absolute Gasteiger partial charge is 0.453 e.